The molecule has 1 aromatic carbocycles. The number of rotatable bonds is 4. The topological polar surface area (TPSA) is 67.2 Å². The fraction of sp³-hybridized carbons (Fsp3) is 0.167. The maximum absolute atomic E-state index is 11.6. The molecule has 0 aliphatic carbocycles. The fourth-order valence-electron chi connectivity index (χ4n) is 1.43. The summed E-state index contributed by atoms with van der Waals surface area (Å²) in [7, 11) is 1.89. The zero-order valence-electron chi connectivity index (χ0n) is 9.43. The van der Waals surface area contributed by atoms with Gasteiger partial charge in [0.05, 0.1) is 0 Å². The number of anilines is 1. The van der Waals surface area contributed by atoms with Crippen LogP contribution in [0.5, 0.6) is 0 Å². The second-order valence-electron chi connectivity index (χ2n) is 3.57. The van der Waals surface area contributed by atoms with E-state index in [-0.39, 0.29) is 11.6 Å². The number of carbonyl (C=O) groups excluding carboxylic acids is 1. The molecule has 88 valence electrons. The third kappa shape index (κ3) is 2.92. The Kier molecular flexibility index (Phi) is 3.52. The Bertz CT molecular complexity index is 477. The van der Waals surface area contributed by atoms with Crippen LogP contribution in [-0.4, -0.2) is 18.1 Å². The lowest BCUT2D eigenvalue weighted by atomic mass is 10.2. The van der Waals surface area contributed by atoms with E-state index < -0.39 is 0 Å². The quantitative estimate of drug-likeness (QED) is 0.839. The van der Waals surface area contributed by atoms with E-state index in [1.165, 1.54) is 12.3 Å². The van der Waals surface area contributed by atoms with Gasteiger partial charge in [0.2, 0.25) is 0 Å². The van der Waals surface area contributed by atoms with E-state index in [9.17, 15) is 4.79 Å². The normalized spacial score (nSPS) is 10.2. The monoisotopic (exact) mass is 231 g/mol. The zero-order valence-corrected chi connectivity index (χ0v) is 9.43. The first kappa shape index (κ1) is 11.3. The van der Waals surface area contributed by atoms with Crippen molar-refractivity contribution in [2.24, 2.45) is 0 Å². The van der Waals surface area contributed by atoms with Crippen LogP contribution in [0.1, 0.15) is 16.1 Å². The molecule has 0 saturated carbocycles. The maximum atomic E-state index is 11.6. The molecule has 0 saturated heterocycles. The lowest BCUT2D eigenvalue weighted by Crippen LogP contribution is -2.12. The predicted octanol–water partition coefficient (Wildman–Crippen LogP) is 1.65. The minimum Gasteiger partial charge on any atom is -0.364 e. The van der Waals surface area contributed by atoms with Crippen LogP contribution in [0, 0.1) is 0 Å². The summed E-state index contributed by atoms with van der Waals surface area (Å²) < 4.78 is 4.61. The number of amides is 1. The van der Waals surface area contributed by atoms with E-state index >= 15 is 0 Å². The number of hydrogen-bond acceptors (Lipinski definition) is 4. The highest BCUT2D eigenvalue weighted by Crippen LogP contribution is 2.10. The highest BCUT2D eigenvalue weighted by Gasteiger charge is 2.08. The first-order valence-corrected chi connectivity index (χ1v) is 5.25. The Balaban J connectivity index is 2.01. The van der Waals surface area contributed by atoms with E-state index in [0.29, 0.717) is 0 Å². The molecule has 0 bridgehead atoms. The lowest BCUT2D eigenvalue weighted by molar-refractivity contribution is 0.101. The summed E-state index contributed by atoms with van der Waals surface area (Å²) in [6.07, 6.45) is 1.37. The molecule has 1 heterocycles. The molecule has 5 nitrogen and oxygen atoms in total. The summed E-state index contributed by atoms with van der Waals surface area (Å²) in [6, 6.07) is 9.13. The molecule has 0 aliphatic heterocycles. The van der Waals surface area contributed by atoms with Crippen LogP contribution in [0.4, 0.5) is 5.69 Å². The molecule has 5 heteroatoms. The van der Waals surface area contributed by atoms with E-state index in [1.54, 1.807) is 0 Å². The Morgan fingerprint density at radius 3 is 2.65 bits per heavy atom. The van der Waals surface area contributed by atoms with E-state index in [4.69, 9.17) is 0 Å². The summed E-state index contributed by atoms with van der Waals surface area (Å²) in [5.41, 5.74) is 2.16. The van der Waals surface area contributed by atoms with Gasteiger partial charge < -0.3 is 15.2 Å². The van der Waals surface area contributed by atoms with Gasteiger partial charge >= 0.3 is 0 Å². The van der Waals surface area contributed by atoms with E-state index in [1.807, 2.05) is 31.3 Å². The van der Waals surface area contributed by atoms with Gasteiger partial charge in [-0.05, 0) is 24.7 Å². The number of nitrogens with one attached hydrogen (secondary N) is 2. The molecule has 2 rings (SSSR count). The Hall–Kier alpha value is -2.14. The average molecular weight is 231 g/mol. The van der Waals surface area contributed by atoms with Gasteiger partial charge in [0.1, 0.15) is 6.26 Å². The van der Waals surface area contributed by atoms with E-state index in [0.717, 1.165) is 17.8 Å². The number of aromatic nitrogens is 1. The van der Waals surface area contributed by atoms with Crippen LogP contribution >= 0.6 is 0 Å². The molecule has 2 aromatic rings. The predicted molar refractivity (Wildman–Crippen MR) is 63.7 cm³/mol. The second-order valence-corrected chi connectivity index (χ2v) is 3.57. The summed E-state index contributed by atoms with van der Waals surface area (Å²) in [5.74, 6) is -0.278. The van der Waals surface area contributed by atoms with E-state index in [2.05, 4.69) is 20.3 Å². The van der Waals surface area contributed by atoms with Gasteiger partial charge in [0, 0.05) is 18.3 Å². The van der Waals surface area contributed by atoms with Gasteiger partial charge in [-0.1, -0.05) is 17.3 Å². The third-order valence-electron chi connectivity index (χ3n) is 2.26. The van der Waals surface area contributed by atoms with Crippen molar-refractivity contribution in [1.82, 2.24) is 10.5 Å². The molecule has 2 N–H and O–H groups in total. The summed E-state index contributed by atoms with van der Waals surface area (Å²) >= 11 is 0. The smallest absolute Gasteiger partial charge is 0.277 e. The molecule has 1 amide bonds. The Morgan fingerprint density at radius 1 is 1.29 bits per heavy atom. The number of hydrogen-bond donors (Lipinski definition) is 2. The standard InChI is InChI=1S/C12H13N3O2/c1-13-8-9-2-4-10(5-3-9)14-12(16)11-6-7-17-15-11/h2-7,13H,8H2,1H3,(H,14,16). The summed E-state index contributed by atoms with van der Waals surface area (Å²) in [6.45, 7) is 0.803. The van der Waals surface area contributed by atoms with Crippen LogP contribution in [0.2, 0.25) is 0 Å². The molecule has 0 radical (unpaired) electrons. The second kappa shape index (κ2) is 5.27. The van der Waals surface area contributed by atoms with Crippen molar-refractivity contribution in [2.45, 2.75) is 6.54 Å². The Labute approximate surface area is 98.8 Å². The average Bonchev–Trinajstić information content (AvgIpc) is 2.86. The molecular weight excluding hydrogens is 218 g/mol. The van der Waals surface area contributed by atoms with Gasteiger partial charge in [-0.3, -0.25) is 4.79 Å². The summed E-state index contributed by atoms with van der Waals surface area (Å²) in [4.78, 5) is 11.6. The van der Waals surface area contributed by atoms with Gasteiger partial charge in [-0.25, -0.2) is 0 Å². The number of carbonyl (C=O) groups is 1. The molecule has 1 aromatic heterocycles. The van der Waals surface area contributed by atoms with Crippen molar-refractivity contribution < 1.29 is 9.32 Å². The van der Waals surface area contributed by atoms with Crippen LogP contribution in [0.25, 0.3) is 0 Å². The highest BCUT2D eigenvalue weighted by molar-refractivity contribution is 6.02. The van der Waals surface area contributed by atoms with Crippen LogP contribution < -0.4 is 10.6 Å². The molecular formula is C12H13N3O2. The minimum absolute atomic E-state index is 0.268. The first-order valence-electron chi connectivity index (χ1n) is 5.25. The molecule has 0 atom stereocenters. The summed E-state index contributed by atoms with van der Waals surface area (Å²) in [5, 5.41) is 9.35. The SMILES string of the molecule is CNCc1ccc(NC(=O)c2ccon2)cc1. The molecule has 0 aliphatic rings. The third-order valence-corrected chi connectivity index (χ3v) is 2.26. The largest absolute Gasteiger partial charge is 0.364 e. The van der Waals surface area contributed by atoms with Crippen LogP contribution in [0.15, 0.2) is 41.1 Å². The number of benzene rings is 1. The lowest BCUT2D eigenvalue weighted by Gasteiger charge is -2.04. The van der Waals surface area contributed by atoms with Crippen molar-refractivity contribution >= 4 is 11.6 Å². The molecule has 17 heavy (non-hydrogen) atoms. The fourth-order valence-corrected chi connectivity index (χ4v) is 1.43. The Morgan fingerprint density at radius 2 is 2.06 bits per heavy atom. The van der Waals surface area contributed by atoms with Crippen LogP contribution in [0.3, 0.4) is 0 Å². The molecule has 0 spiro atoms. The molecule has 0 fully saturated rings. The zero-order chi connectivity index (χ0) is 12.1. The molecule has 0 unspecified atom stereocenters. The van der Waals surface area contributed by atoms with Crippen molar-refractivity contribution in [2.75, 3.05) is 12.4 Å². The van der Waals surface area contributed by atoms with Gasteiger partial charge in [0.15, 0.2) is 5.69 Å². The van der Waals surface area contributed by atoms with Crippen LogP contribution in [-0.2, 0) is 6.54 Å². The first-order chi connectivity index (χ1) is 8.29. The van der Waals surface area contributed by atoms with Crippen molar-refractivity contribution in [1.29, 1.82) is 0 Å². The van der Waals surface area contributed by atoms with Crippen molar-refractivity contribution in [3.8, 4) is 0 Å². The van der Waals surface area contributed by atoms with Gasteiger partial charge in [-0.15, -0.1) is 0 Å². The van der Waals surface area contributed by atoms with Crippen molar-refractivity contribution in [3.63, 3.8) is 0 Å². The highest BCUT2D eigenvalue weighted by atomic mass is 16.5. The number of nitrogens with zero attached hydrogens (tertiary/aromatic N) is 1. The van der Waals surface area contributed by atoms with Gasteiger partial charge in [0.25, 0.3) is 5.91 Å². The van der Waals surface area contributed by atoms with Crippen molar-refractivity contribution in [3.05, 3.63) is 47.9 Å². The maximum Gasteiger partial charge on any atom is 0.277 e. The van der Waals surface area contributed by atoms with Gasteiger partial charge in [-0.2, -0.15) is 0 Å². The minimum atomic E-state index is -0.278.